The lowest BCUT2D eigenvalue weighted by Gasteiger charge is -2.02. The van der Waals surface area contributed by atoms with Crippen LogP contribution >= 0.6 is 11.8 Å². The molecule has 1 rings (SSSR count). The van der Waals surface area contributed by atoms with E-state index in [4.69, 9.17) is 5.11 Å². The third-order valence-corrected chi connectivity index (χ3v) is 2.50. The van der Waals surface area contributed by atoms with Gasteiger partial charge in [-0.25, -0.2) is 9.67 Å². The van der Waals surface area contributed by atoms with Crippen molar-refractivity contribution >= 4 is 17.7 Å². The number of hydrogen-bond donors (Lipinski definition) is 1. The average molecular weight is 215 g/mol. The SMILES string of the molecule is CCCn1ncnc1CSCC(=O)O. The molecule has 0 radical (unpaired) electrons. The largest absolute Gasteiger partial charge is 0.481 e. The number of aliphatic carboxylic acids is 1. The minimum Gasteiger partial charge on any atom is -0.481 e. The summed E-state index contributed by atoms with van der Waals surface area (Å²) in [5.41, 5.74) is 0. The molecule has 1 aromatic heterocycles. The van der Waals surface area contributed by atoms with Gasteiger partial charge in [-0.05, 0) is 6.42 Å². The molecule has 0 aliphatic heterocycles. The minimum atomic E-state index is -0.795. The van der Waals surface area contributed by atoms with E-state index >= 15 is 0 Å². The molecule has 0 saturated carbocycles. The summed E-state index contributed by atoms with van der Waals surface area (Å²) in [5.74, 6) is 0.764. The van der Waals surface area contributed by atoms with Gasteiger partial charge in [0, 0.05) is 6.54 Å². The van der Waals surface area contributed by atoms with Crippen molar-refractivity contribution in [2.75, 3.05) is 5.75 Å². The van der Waals surface area contributed by atoms with Gasteiger partial charge in [0.2, 0.25) is 0 Å². The number of nitrogens with zero attached hydrogens (tertiary/aromatic N) is 3. The second-order valence-corrected chi connectivity index (χ2v) is 3.77. The number of carboxylic acid groups (broad SMARTS) is 1. The molecule has 5 nitrogen and oxygen atoms in total. The van der Waals surface area contributed by atoms with E-state index in [9.17, 15) is 4.79 Å². The zero-order valence-electron chi connectivity index (χ0n) is 8.01. The monoisotopic (exact) mass is 215 g/mol. The average Bonchev–Trinajstić information content (AvgIpc) is 2.53. The van der Waals surface area contributed by atoms with Gasteiger partial charge in [0.25, 0.3) is 0 Å². The highest BCUT2D eigenvalue weighted by Crippen LogP contribution is 2.09. The molecule has 1 heterocycles. The summed E-state index contributed by atoms with van der Waals surface area (Å²) < 4.78 is 1.81. The molecule has 0 aliphatic carbocycles. The fraction of sp³-hybridized carbons (Fsp3) is 0.625. The number of carboxylic acids is 1. The van der Waals surface area contributed by atoms with Crippen LogP contribution in [0.5, 0.6) is 0 Å². The van der Waals surface area contributed by atoms with Gasteiger partial charge in [-0.2, -0.15) is 5.10 Å². The van der Waals surface area contributed by atoms with Crippen LogP contribution in [0.2, 0.25) is 0 Å². The number of hydrogen-bond acceptors (Lipinski definition) is 4. The normalized spacial score (nSPS) is 10.4. The third kappa shape index (κ3) is 3.37. The van der Waals surface area contributed by atoms with E-state index in [2.05, 4.69) is 17.0 Å². The van der Waals surface area contributed by atoms with Gasteiger partial charge < -0.3 is 5.11 Å². The van der Waals surface area contributed by atoms with Crippen molar-refractivity contribution in [1.29, 1.82) is 0 Å². The maximum absolute atomic E-state index is 10.3. The molecule has 0 fully saturated rings. The van der Waals surface area contributed by atoms with Crippen LogP contribution in [0.4, 0.5) is 0 Å². The van der Waals surface area contributed by atoms with Crippen molar-refractivity contribution in [2.24, 2.45) is 0 Å². The second kappa shape index (κ2) is 5.64. The fourth-order valence-corrected chi connectivity index (χ4v) is 1.71. The Morgan fingerprint density at radius 2 is 2.50 bits per heavy atom. The molecule has 6 heteroatoms. The van der Waals surface area contributed by atoms with Gasteiger partial charge in [0.05, 0.1) is 11.5 Å². The molecule has 0 saturated heterocycles. The summed E-state index contributed by atoms with van der Waals surface area (Å²) in [6, 6.07) is 0. The predicted molar refractivity (Wildman–Crippen MR) is 54.1 cm³/mol. The molecular formula is C8H13N3O2S. The van der Waals surface area contributed by atoms with Crippen LogP contribution in [0.25, 0.3) is 0 Å². The second-order valence-electron chi connectivity index (χ2n) is 2.79. The summed E-state index contributed by atoms with van der Waals surface area (Å²) in [6.07, 6.45) is 2.51. The van der Waals surface area contributed by atoms with Crippen molar-refractivity contribution in [2.45, 2.75) is 25.6 Å². The van der Waals surface area contributed by atoms with E-state index in [0.29, 0.717) is 5.75 Å². The molecule has 0 spiro atoms. The van der Waals surface area contributed by atoms with Gasteiger partial charge in [0.1, 0.15) is 12.2 Å². The lowest BCUT2D eigenvalue weighted by Crippen LogP contribution is -2.05. The minimum absolute atomic E-state index is 0.110. The first-order chi connectivity index (χ1) is 6.74. The Morgan fingerprint density at radius 1 is 1.71 bits per heavy atom. The van der Waals surface area contributed by atoms with Gasteiger partial charge in [-0.15, -0.1) is 11.8 Å². The van der Waals surface area contributed by atoms with E-state index in [1.807, 2.05) is 4.68 Å². The molecule has 1 aromatic rings. The fourth-order valence-electron chi connectivity index (χ4n) is 1.03. The van der Waals surface area contributed by atoms with Gasteiger partial charge >= 0.3 is 5.97 Å². The zero-order chi connectivity index (χ0) is 10.4. The molecule has 14 heavy (non-hydrogen) atoms. The maximum atomic E-state index is 10.3. The number of thioether (sulfide) groups is 1. The van der Waals surface area contributed by atoms with E-state index in [1.54, 1.807) is 0 Å². The van der Waals surface area contributed by atoms with E-state index in [1.165, 1.54) is 18.1 Å². The molecule has 78 valence electrons. The first kappa shape index (κ1) is 11.0. The first-order valence-corrected chi connectivity index (χ1v) is 5.55. The Labute approximate surface area is 86.5 Å². The van der Waals surface area contributed by atoms with E-state index < -0.39 is 5.97 Å². The summed E-state index contributed by atoms with van der Waals surface area (Å²) >= 11 is 1.34. The molecular weight excluding hydrogens is 202 g/mol. The molecule has 0 aromatic carbocycles. The maximum Gasteiger partial charge on any atom is 0.313 e. The molecule has 1 N–H and O–H groups in total. The topological polar surface area (TPSA) is 68.0 Å². The van der Waals surface area contributed by atoms with Crippen LogP contribution < -0.4 is 0 Å². The number of rotatable bonds is 6. The third-order valence-electron chi connectivity index (χ3n) is 1.59. The van der Waals surface area contributed by atoms with E-state index in [0.717, 1.165) is 18.8 Å². The summed E-state index contributed by atoms with van der Waals surface area (Å²) in [6.45, 7) is 2.90. The van der Waals surface area contributed by atoms with Crippen molar-refractivity contribution < 1.29 is 9.90 Å². The number of aromatic nitrogens is 3. The highest BCUT2D eigenvalue weighted by Gasteiger charge is 2.04. The van der Waals surface area contributed by atoms with Crippen LogP contribution in [-0.2, 0) is 17.1 Å². The lowest BCUT2D eigenvalue weighted by atomic mass is 10.5. The van der Waals surface area contributed by atoms with Crippen LogP contribution in [0.3, 0.4) is 0 Å². The Hall–Kier alpha value is -1.04. The molecule has 0 bridgehead atoms. The van der Waals surface area contributed by atoms with Crippen LogP contribution in [0.15, 0.2) is 6.33 Å². The van der Waals surface area contributed by atoms with Crippen molar-refractivity contribution in [1.82, 2.24) is 14.8 Å². The molecule has 0 amide bonds. The Bertz CT molecular complexity index is 301. The lowest BCUT2D eigenvalue weighted by molar-refractivity contribution is -0.133. The highest BCUT2D eigenvalue weighted by atomic mass is 32.2. The standard InChI is InChI=1S/C8H13N3O2S/c1-2-3-11-7(9-6-10-11)4-14-5-8(12)13/h6H,2-5H2,1H3,(H,12,13). The zero-order valence-corrected chi connectivity index (χ0v) is 8.83. The molecule has 0 unspecified atom stereocenters. The summed E-state index contributed by atoms with van der Waals surface area (Å²) in [5, 5.41) is 12.5. The Kier molecular flexibility index (Phi) is 4.45. The number of aryl methyl sites for hydroxylation is 1. The Balaban J connectivity index is 2.41. The van der Waals surface area contributed by atoms with Crippen LogP contribution in [0, 0.1) is 0 Å². The molecule has 0 atom stereocenters. The Morgan fingerprint density at radius 3 is 3.14 bits per heavy atom. The van der Waals surface area contributed by atoms with Gasteiger partial charge in [-0.1, -0.05) is 6.92 Å². The summed E-state index contributed by atoms with van der Waals surface area (Å²) in [7, 11) is 0. The predicted octanol–water partition coefficient (Wildman–Crippen LogP) is 1.01. The van der Waals surface area contributed by atoms with Gasteiger partial charge in [-0.3, -0.25) is 4.79 Å². The molecule has 0 aliphatic rings. The highest BCUT2D eigenvalue weighted by molar-refractivity contribution is 7.99. The van der Waals surface area contributed by atoms with Crippen molar-refractivity contribution in [3.05, 3.63) is 12.2 Å². The van der Waals surface area contributed by atoms with E-state index in [-0.39, 0.29) is 5.75 Å². The quantitative estimate of drug-likeness (QED) is 0.767. The summed E-state index contributed by atoms with van der Waals surface area (Å²) in [4.78, 5) is 14.3. The van der Waals surface area contributed by atoms with Crippen molar-refractivity contribution in [3.63, 3.8) is 0 Å². The van der Waals surface area contributed by atoms with Crippen molar-refractivity contribution in [3.8, 4) is 0 Å². The van der Waals surface area contributed by atoms with Crippen LogP contribution in [0.1, 0.15) is 19.2 Å². The first-order valence-electron chi connectivity index (χ1n) is 4.40. The smallest absolute Gasteiger partial charge is 0.313 e. The van der Waals surface area contributed by atoms with Gasteiger partial charge in [0.15, 0.2) is 0 Å². The number of carbonyl (C=O) groups is 1. The van der Waals surface area contributed by atoms with Crippen LogP contribution in [-0.4, -0.2) is 31.6 Å².